The van der Waals surface area contributed by atoms with E-state index in [4.69, 9.17) is 0 Å². The Morgan fingerprint density at radius 3 is 1.93 bits per heavy atom. The van der Waals surface area contributed by atoms with Gasteiger partial charge in [0.05, 0.1) is 12.1 Å². The number of aryl methyl sites for hydroxylation is 2. The summed E-state index contributed by atoms with van der Waals surface area (Å²) in [6.45, 7) is 1.73. The first kappa shape index (κ1) is 19.5. The van der Waals surface area contributed by atoms with Crippen LogP contribution in [0.5, 0.6) is 0 Å². The number of hydrogen-bond donors (Lipinski definition) is 3. The summed E-state index contributed by atoms with van der Waals surface area (Å²) >= 11 is 0. The topological polar surface area (TPSA) is 70.2 Å². The fourth-order valence-electron chi connectivity index (χ4n) is 4.57. The van der Waals surface area contributed by atoms with Crippen molar-refractivity contribution in [3.63, 3.8) is 0 Å². The number of fused-ring (bicyclic) bond motifs is 2. The van der Waals surface area contributed by atoms with E-state index in [2.05, 4.69) is 40.2 Å². The van der Waals surface area contributed by atoms with E-state index in [1.165, 1.54) is 22.3 Å². The van der Waals surface area contributed by atoms with Gasteiger partial charge < -0.3 is 16.0 Å². The van der Waals surface area contributed by atoms with Gasteiger partial charge in [0, 0.05) is 0 Å². The van der Waals surface area contributed by atoms with Crippen molar-refractivity contribution < 1.29 is 9.59 Å². The van der Waals surface area contributed by atoms with Gasteiger partial charge in [-0.15, -0.1) is 0 Å². The molecule has 0 bridgehead atoms. The molecule has 0 aromatic heterocycles. The van der Waals surface area contributed by atoms with Gasteiger partial charge in [-0.2, -0.15) is 0 Å². The predicted octanol–water partition coefficient (Wildman–Crippen LogP) is 3.95. The smallest absolute Gasteiger partial charge is 0.315 e. The lowest BCUT2D eigenvalue weighted by Gasteiger charge is -2.29. The average Bonchev–Trinajstić information content (AvgIpc) is 2.74. The highest BCUT2D eigenvalue weighted by Gasteiger charge is 2.26. The van der Waals surface area contributed by atoms with Crippen LogP contribution in [0.15, 0.2) is 48.5 Å². The molecule has 0 fully saturated rings. The highest BCUT2D eigenvalue weighted by atomic mass is 16.2. The molecular formula is C24H29N3O2. The van der Waals surface area contributed by atoms with Crippen molar-refractivity contribution >= 4 is 11.9 Å². The molecule has 0 saturated carbocycles. The molecule has 2 aliphatic rings. The predicted molar refractivity (Wildman–Crippen MR) is 114 cm³/mol. The summed E-state index contributed by atoms with van der Waals surface area (Å²) in [5, 5.41) is 8.98. The van der Waals surface area contributed by atoms with Gasteiger partial charge in [-0.3, -0.25) is 4.79 Å². The normalized spacial score (nSPS) is 21.3. The van der Waals surface area contributed by atoms with Crippen molar-refractivity contribution in [3.05, 3.63) is 70.8 Å². The van der Waals surface area contributed by atoms with Crippen molar-refractivity contribution in [1.29, 1.82) is 0 Å². The Hall–Kier alpha value is -2.82. The largest absolute Gasteiger partial charge is 0.348 e. The maximum atomic E-state index is 12.7. The molecule has 5 nitrogen and oxygen atoms in total. The lowest BCUT2D eigenvalue weighted by molar-refractivity contribution is -0.123. The van der Waals surface area contributed by atoms with Crippen molar-refractivity contribution in [2.24, 2.45) is 0 Å². The van der Waals surface area contributed by atoms with E-state index in [0.717, 1.165) is 38.5 Å². The molecule has 3 atom stereocenters. The van der Waals surface area contributed by atoms with Gasteiger partial charge in [0.25, 0.3) is 0 Å². The lowest BCUT2D eigenvalue weighted by atomic mass is 9.87. The van der Waals surface area contributed by atoms with Crippen LogP contribution < -0.4 is 16.0 Å². The summed E-state index contributed by atoms with van der Waals surface area (Å²) in [7, 11) is 0. The Morgan fingerprint density at radius 2 is 1.34 bits per heavy atom. The molecule has 3 N–H and O–H groups in total. The SMILES string of the molecule is C[C@H](NC(=O)N[C@H]1CCCc2ccccc21)C(=O)N[C@@H]1CCCc2ccccc21. The molecule has 0 heterocycles. The molecule has 3 amide bonds. The number of rotatable bonds is 4. The highest BCUT2D eigenvalue weighted by Crippen LogP contribution is 2.30. The minimum atomic E-state index is -0.595. The minimum Gasteiger partial charge on any atom is -0.348 e. The highest BCUT2D eigenvalue weighted by molar-refractivity contribution is 5.87. The molecule has 0 unspecified atom stereocenters. The maximum absolute atomic E-state index is 12.7. The molecule has 2 aromatic carbocycles. The number of carbonyl (C=O) groups excluding carboxylic acids is 2. The number of amides is 3. The fourth-order valence-corrected chi connectivity index (χ4v) is 4.57. The van der Waals surface area contributed by atoms with Gasteiger partial charge in [0.15, 0.2) is 0 Å². The molecule has 2 aromatic rings. The molecule has 2 aliphatic carbocycles. The van der Waals surface area contributed by atoms with Crippen LogP contribution in [0.25, 0.3) is 0 Å². The summed E-state index contributed by atoms with van der Waals surface area (Å²) in [5.74, 6) is -0.147. The zero-order chi connectivity index (χ0) is 20.2. The third kappa shape index (κ3) is 4.44. The van der Waals surface area contributed by atoms with Gasteiger partial charge in [-0.1, -0.05) is 48.5 Å². The molecule has 0 spiro atoms. The number of benzene rings is 2. The van der Waals surface area contributed by atoms with E-state index >= 15 is 0 Å². The van der Waals surface area contributed by atoms with Gasteiger partial charge in [0.2, 0.25) is 5.91 Å². The summed E-state index contributed by atoms with van der Waals surface area (Å²) in [5.41, 5.74) is 4.98. The average molecular weight is 392 g/mol. The molecular weight excluding hydrogens is 362 g/mol. The summed E-state index contributed by atoms with van der Waals surface area (Å²) in [6.07, 6.45) is 6.08. The van der Waals surface area contributed by atoms with Crippen LogP contribution in [0.2, 0.25) is 0 Å². The van der Waals surface area contributed by atoms with Gasteiger partial charge in [-0.05, 0) is 67.7 Å². The second-order valence-corrected chi connectivity index (χ2v) is 8.14. The Labute approximate surface area is 172 Å². The summed E-state index contributed by atoms with van der Waals surface area (Å²) in [6, 6.07) is 15.7. The maximum Gasteiger partial charge on any atom is 0.315 e. The summed E-state index contributed by atoms with van der Waals surface area (Å²) < 4.78 is 0. The minimum absolute atomic E-state index is 0.000401. The lowest BCUT2D eigenvalue weighted by Crippen LogP contribution is -2.50. The van der Waals surface area contributed by atoms with Gasteiger partial charge in [-0.25, -0.2) is 4.79 Å². The first-order valence-corrected chi connectivity index (χ1v) is 10.6. The third-order valence-electron chi connectivity index (χ3n) is 6.10. The molecule has 5 heteroatoms. The van der Waals surface area contributed by atoms with Crippen LogP contribution in [0.4, 0.5) is 4.79 Å². The van der Waals surface area contributed by atoms with Crippen molar-refractivity contribution in [2.45, 2.75) is 63.6 Å². The van der Waals surface area contributed by atoms with Crippen molar-refractivity contribution in [3.8, 4) is 0 Å². The van der Waals surface area contributed by atoms with E-state index in [9.17, 15) is 9.59 Å². The quantitative estimate of drug-likeness (QED) is 0.739. The van der Waals surface area contributed by atoms with Crippen LogP contribution in [-0.4, -0.2) is 18.0 Å². The van der Waals surface area contributed by atoms with Crippen LogP contribution >= 0.6 is 0 Å². The second kappa shape index (κ2) is 8.68. The monoisotopic (exact) mass is 391 g/mol. The van der Waals surface area contributed by atoms with Gasteiger partial charge >= 0.3 is 6.03 Å². The van der Waals surface area contributed by atoms with Crippen LogP contribution in [0.3, 0.4) is 0 Å². The molecule has 0 aliphatic heterocycles. The zero-order valence-electron chi connectivity index (χ0n) is 16.9. The zero-order valence-corrected chi connectivity index (χ0v) is 16.9. The third-order valence-corrected chi connectivity index (χ3v) is 6.10. The van der Waals surface area contributed by atoms with E-state index in [0.29, 0.717) is 0 Å². The molecule has 29 heavy (non-hydrogen) atoms. The van der Waals surface area contributed by atoms with Gasteiger partial charge in [0.1, 0.15) is 6.04 Å². The number of hydrogen-bond acceptors (Lipinski definition) is 2. The number of carbonyl (C=O) groups is 2. The molecule has 0 radical (unpaired) electrons. The second-order valence-electron chi connectivity index (χ2n) is 8.14. The Kier molecular flexibility index (Phi) is 5.84. The van der Waals surface area contributed by atoms with E-state index in [1.807, 2.05) is 24.3 Å². The van der Waals surface area contributed by atoms with Crippen molar-refractivity contribution in [2.75, 3.05) is 0 Å². The van der Waals surface area contributed by atoms with Crippen molar-refractivity contribution in [1.82, 2.24) is 16.0 Å². The number of urea groups is 1. The molecule has 152 valence electrons. The first-order valence-electron chi connectivity index (χ1n) is 10.6. The summed E-state index contributed by atoms with van der Waals surface area (Å²) in [4.78, 5) is 25.2. The van der Waals surface area contributed by atoms with Crippen LogP contribution in [0.1, 0.15) is 66.9 Å². The first-order chi connectivity index (χ1) is 14.1. The van der Waals surface area contributed by atoms with E-state index < -0.39 is 6.04 Å². The van der Waals surface area contributed by atoms with Crippen LogP contribution in [0, 0.1) is 0 Å². The fraction of sp³-hybridized carbons (Fsp3) is 0.417. The Morgan fingerprint density at radius 1 is 0.828 bits per heavy atom. The Balaban J connectivity index is 1.33. The number of nitrogens with one attached hydrogen (secondary N) is 3. The van der Waals surface area contributed by atoms with E-state index in [1.54, 1.807) is 6.92 Å². The van der Waals surface area contributed by atoms with E-state index in [-0.39, 0.29) is 24.0 Å². The molecule has 4 rings (SSSR count). The standard InChI is InChI=1S/C24H29N3O2/c1-16(23(28)26-21-14-6-10-17-8-2-4-12-19(17)21)25-24(29)27-22-15-7-11-18-9-3-5-13-20(18)22/h2-5,8-9,12-13,16,21-22H,6-7,10-11,14-15H2,1H3,(H,26,28)(H2,25,27,29)/t16-,21+,22-/m0/s1. The molecule has 0 saturated heterocycles. The van der Waals surface area contributed by atoms with Crippen LogP contribution in [-0.2, 0) is 17.6 Å². The Bertz CT molecular complexity index is 895.